The van der Waals surface area contributed by atoms with Crippen LogP contribution in [-0.2, 0) is 20.7 Å². The highest BCUT2D eigenvalue weighted by molar-refractivity contribution is 6.09. The molecule has 0 spiro atoms. The van der Waals surface area contributed by atoms with Gasteiger partial charge in [0.25, 0.3) is 5.91 Å². The second kappa shape index (κ2) is 24.4. The Bertz CT molecular complexity index is 2980. The lowest BCUT2D eigenvalue weighted by Crippen LogP contribution is -2.42. The molecule has 1 amide bonds. The number of nitrogens with two attached hydrogens (primary N) is 2. The van der Waals surface area contributed by atoms with Crippen LogP contribution in [0, 0.1) is 11.6 Å². The lowest BCUT2D eigenvalue weighted by Gasteiger charge is -2.33. The molecule has 386 valence electrons. The minimum Gasteiger partial charge on any atom is -0.493 e. The number of rotatable bonds is 26. The standard InChI is InChI=1S/C54H61F2N7O10/c1-68-47-25-33(24-35-32-60-54(58)61-51(35)57)26-48(69-2)50(47)72-21-6-4-11-36(64)10-3-5-19-70-22-23-71-20-7-14-59-52(65)34-12-13-37(53(66)67)38(27-34)49-39-28-41(55)43(62-15-8-16-62)30-45(39)73-46-31-44(63-17-9-18-63)42(56)29-40(46)49/h12-13,25-32H,3-11,14-24H2,1-2H3,(H5-,57,58,59,60,61,65,66,67)/p+1. The van der Waals surface area contributed by atoms with Crippen LogP contribution >= 0.6 is 0 Å². The van der Waals surface area contributed by atoms with Gasteiger partial charge in [0.05, 0.1) is 57.8 Å². The fraction of sp³-hybridized carbons (Fsp3) is 0.407. The number of aromatic nitrogens is 2. The van der Waals surface area contributed by atoms with Crippen molar-refractivity contribution in [2.75, 3.05) is 96.3 Å². The van der Waals surface area contributed by atoms with E-state index in [1.807, 2.05) is 21.6 Å². The second-order valence-corrected chi connectivity index (χ2v) is 18.1. The van der Waals surface area contributed by atoms with Gasteiger partial charge >= 0.3 is 5.97 Å². The highest BCUT2D eigenvalue weighted by Gasteiger charge is 2.29. The van der Waals surface area contributed by atoms with Crippen molar-refractivity contribution in [2.24, 2.45) is 0 Å². The summed E-state index contributed by atoms with van der Waals surface area (Å²) >= 11 is 0. The van der Waals surface area contributed by atoms with Crippen LogP contribution in [0.3, 0.4) is 0 Å². The molecule has 1 aliphatic carbocycles. The van der Waals surface area contributed by atoms with Gasteiger partial charge in [-0.3, -0.25) is 9.59 Å². The van der Waals surface area contributed by atoms with E-state index in [-0.39, 0.29) is 51.5 Å². The molecule has 17 nitrogen and oxygen atoms in total. The summed E-state index contributed by atoms with van der Waals surface area (Å²) in [6.45, 7) is 5.02. The number of amides is 1. The van der Waals surface area contributed by atoms with Crippen LogP contribution in [0.4, 0.5) is 26.2 Å². The van der Waals surface area contributed by atoms with Crippen molar-refractivity contribution in [3.8, 4) is 39.7 Å². The number of carbonyl (C=O) groups excluding carboxylic acids is 2. The number of anilines is 3. The van der Waals surface area contributed by atoms with E-state index in [0.29, 0.717) is 149 Å². The molecule has 0 radical (unpaired) electrons. The van der Waals surface area contributed by atoms with Gasteiger partial charge in [0.15, 0.2) is 17.3 Å². The Morgan fingerprint density at radius 3 is 2.18 bits per heavy atom. The van der Waals surface area contributed by atoms with E-state index in [4.69, 9.17) is 39.6 Å². The highest BCUT2D eigenvalue weighted by Crippen LogP contribution is 2.44. The predicted molar refractivity (Wildman–Crippen MR) is 272 cm³/mol. The third kappa shape index (κ3) is 12.6. The Labute approximate surface area is 421 Å². The number of aromatic carboxylic acids is 1. The summed E-state index contributed by atoms with van der Waals surface area (Å²) in [4.78, 5) is 48.7. The molecule has 6 N–H and O–H groups in total. The first kappa shape index (κ1) is 52.0. The fourth-order valence-corrected chi connectivity index (χ4v) is 8.90. The van der Waals surface area contributed by atoms with Gasteiger partial charge in [-0.15, -0.1) is 0 Å². The van der Waals surface area contributed by atoms with Crippen molar-refractivity contribution in [3.05, 3.63) is 100 Å². The van der Waals surface area contributed by atoms with Gasteiger partial charge in [-0.1, -0.05) is 0 Å². The molecule has 4 aliphatic rings. The summed E-state index contributed by atoms with van der Waals surface area (Å²) in [5.41, 5.74) is 14.6. The molecule has 0 atom stereocenters. The number of carboxylic acids is 1. The number of nitrogens with zero attached hydrogens (tertiary/aromatic N) is 4. The predicted octanol–water partition coefficient (Wildman–Crippen LogP) is 7.27. The molecule has 2 fully saturated rings. The summed E-state index contributed by atoms with van der Waals surface area (Å²) in [5.74, 6) is -0.343. The molecule has 3 aliphatic heterocycles. The first-order valence-corrected chi connectivity index (χ1v) is 24.7. The molecule has 0 bridgehead atoms. The number of ketones is 1. The first-order valence-electron chi connectivity index (χ1n) is 24.7. The van der Waals surface area contributed by atoms with Gasteiger partial charge in [0.2, 0.25) is 17.1 Å². The van der Waals surface area contributed by atoms with Crippen LogP contribution in [0.1, 0.15) is 89.6 Å². The number of nitrogen functional groups attached to an aromatic ring is 2. The van der Waals surface area contributed by atoms with Gasteiger partial charge in [-0.25, -0.2) is 18.7 Å². The molecule has 19 heteroatoms. The zero-order valence-electron chi connectivity index (χ0n) is 41.2. The van der Waals surface area contributed by atoms with E-state index in [2.05, 4.69) is 15.3 Å². The van der Waals surface area contributed by atoms with Crippen LogP contribution in [0.2, 0.25) is 0 Å². The number of Topliss-reactive ketones (excluding diaryl/α,β-unsaturated/α-hetero) is 1. The zero-order chi connectivity index (χ0) is 51.4. The minimum atomic E-state index is -1.26. The average molecular weight is 1010 g/mol. The molecule has 73 heavy (non-hydrogen) atoms. The summed E-state index contributed by atoms with van der Waals surface area (Å²) in [6.07, 6.45) is 8.14. The van der Waals surface area contributed by atoms with E-state index < -0.39 is 23.5 Å². The third-order valence-corrected chi connectivity index (χ3v) is 13.1. The summed E-state index contributed by atoms with van der Waals surface area (Å²) in [7, 11) is 3.11. The Hall–Kier alpha value is -7.38. The van der Waals surface area contributed by atoms with Gasteiger partial charge in [-0.05, 0) is 92.1 Å². The maximum Gasteiger partial charge on any atom is 0.336 e. The monoisotopic (exact) mass is 1010 g/mol. The number of hydrogen-bond acceptors (Lipinski definition) is 14. The minimum absolute atomic E-state index is 0.107. The number of nitrogens with one attached hydrogen (secondary N) is 1. The Morgan fingerprint density at radius 2 is 1.53 bits per heavy atom. The number of halogens is 2. The quantitative estimate of drug-likeness (QED) is 0.0238. The molecule has 4 heterocycles. The van der Waals surface area contributed by atoms with Crippen molar-refractivity contribution >= 4 is 46.1 Å². The summed E-state index contributed by atoms with van der Waals surface area (Å²) in [5, 5.41) is 13.8. The lowest BCUT2D eigenvalue weighted by atomic mass is 9.89. The topological polar surface area (TPSA) is 227 Å². The maximum absolute atomic E-state index is 15.8. The largest absolute Gasteiger partial charge is 0.493 e. The molecule has 4 aromatic rings. The van der Waals surface area contributed by atoms with Crippen molar-refractivity contribution in [2.45, 2.75) is 64.2 Å². The number of ether oxygens (including phenoxy) is 5. The molecule has 0 unspecified atom stereocenters. The third-order valence-electron chi connectivity index (χ3n) is 13.1. The zero-order valence-corrected chi connectivity index (χ0v) is 41.2. The molecule has 1 aromatic heterocycles. The van der Waals surface area contributed by atoms with Crippen molar-refractivity contribution < 1.29 is 56.4 Å². The number of unbranched alkanes of at least 4 members (excludes halogenated alkanes) is 2. The number of fused-ring (bicyclic) bond motifs is 2. The summed E-state index contributed by atoms with van der Waals surface area (Å²) in [6, 6.07) is 13.7. The van der Waals surface area contributed by atoms with E-state index in [9.17, 15) is 19.5 Å². The SMILES string of the molecule is COc1cc(Cc2cnc(N)nc2N)cc(OC)c1OCCCCC(=O)CCCCOCCOCCCNC(=O)c1ccc(C(=O)O)c(-c2c3cc(F)c(=[N+]4CCC4)cc-3oc3cc(N4CCC4)c(F)cc23)c1. The molecule has 0 saturated carbocycles. The smallest absolute Gasteiger partial charge is 0.336 e. The molecule has 3 aromatic carbocycles. The van der Waals surface area contributed by atoms with Crippen LogP contribution in [-0.4, -0.2) is 113 Å². The van der Waals surface area contributed by atoms with Gasteiger partial charge in [0.1, 0.15) is 41.9 Å². The molecule has 2 saturated heterocycles. The van der Waals surface area contributed by atoms with Crippen LogP contribution in [0.25, 0.3) is 33.4 Å². The lowest BCUT2D eigenvalue weighted by molar-refractivity contribution is -0.119. The second-order valence-electron chi connectivity index (χ2n) is 18.1. The van der Waals surface area contributed by atoms with Crippen molar-refractivity contribution in [1.29, 1.82) is 0 Å². The number of methoxy groups -OCH3 is 2. The molecular weight excluding hydrogens is 945 g/mol. The number of carbonyl (C=O) groups is 3. The maximum atomic E-state index is 15.8. The van der Waals surface area contributed by atoms with E-state index in [1.165, 1.54) is 30.3 Å². The van der Waals surface area contributed by atoms with Gasteiger partial charge in [0, 0.05) is 92.0 Å². The number of benzene rings is 4. The average Bonchev–Trinajstić information content (AvgIpc) is 3.33. The Morgan fingerprint density at radius 1 is 0.822 bits per heavy atom. The Balaban J connectivity index is 0.742. The first-order chi connectivity index (χ1) is 35.4. The molecule has 8 rings (SSSR count). The van der Waals surface area contributed by atoms with Gasteiger partial charge in [-0.2, -0.15) is 9.37 Å². The number of hydrogen-bond donors (Lipinski definition) is 4. The normalized spacial score (nSPS) is 13.2. The van der Waals surface area contributed by atoms with Crippen LogP contribution in [0.15, 0.2) is 65.2 Å². The van der Waals surface area contributed by atoms with Gasteiger partial charge < -0.3 is 54.9 Å². The van der Waals surface area contributed by atoms with Crippen molar-refractivity contribution in [1.82, 2.24) is 19.9 Å². The molecular formula is C54H62F2N7O10+. The van der Waals surface area contributed by atoms with E-state index >= 15 is 8.78 Å². The summed E-state index contributed by atoms with van der Waals surface area (Å²) < 4.78 is 68.4. The van der Waals surface area contributed by atoms with Crippen LogP contribution < -0.4 is 45.8 Å². The van der Waals surface area contributed by atoms with E-state index in [1.54, 1.807) is 32.5 Å². The fourth-order valence-electron chi connectivity index (χ4n) is 8.90. The van der Waals surface area contributed by atoms with E-state index in [0.717, 1.165) is 31.2 Å². The highest BCUT2D eigenvalue weighted by atomic mass is 19.1. The Kier molecular flexibility index (Phi) is 17.3. The number of carboxylic acid groups (broad SMARTS) is 1. The van der Waals surface area contributed by atoms with Crippen molar-refractivity contribution in [3.63, 3.8) is 0 Å². The van der Waals surface area contributed by atoms with Crippen LogP contribution in [0.5, 0.6) is 17.2 Å².